The van der Waals surface area contributed by atoms with E-state index in [1.165, 1.54) is 0 Å². The summed E-state index contributed by atoms with van der Waals surface area (Å²) in [5, 5.41) is 0.517. The Morgan fingerprint density at radius 3 is 2.61 bits per heavy atom. The molecule has 140 valence electrons. The summed E-state index contributed by atoms with van der Waals surface area (Å²) in [6.45, 7) is 3.14. The van der Waals surface area contributed by atoms with Crippen molar-refractivity contribution in [1.82, 2.24) is 14.5 Å². The summed E-state index contributed by atoms with van der Waals surface area (Å²) >= 11 is 0. The first-order chi connectivity index (χ1) is 13.7. The van der Waals surface area contributed by atoms with Crippen LogP contribution in [0, 0.1) is 11.8 Å². The van der Waals surface area contributed by atoms with Crippen molar-refractivity contribution in [2.24, 2.45) is 0 Å². The highest BCUT2D eigenvalue weighted by Gasteiger charge is 2.18. The molecular formula is C23H21N3O2. The summed E-state index contributed by atoms with van der Waals surface area (Å²) in [6.07, 6.45) is 2.13. The molecule has 0 aliphatic carbocycles. The summed E-state index contributed by atoms with van der Waals surface area (Å²) in [7, 11) is 0. The highest BCUT2D eigenvalue weighted by molar-refractivity contribution is 5.84. The van der Waals surface area contributed by atoms with Gasteiger partial charge in [0.25, 0.3) is 5.56 Å². The van der Waals surface area contributed by atoms with Gasteiger partial charge in [-0.05, 0) is 30.7 Å². The molecule has 3 aromatic rings. The Kier molecular flexibility index (Phi) is 4.94. The number of aromatic nitrogens is 2. The minimum absolute atomic E-state index is 0.116. The van der Waals surface area contributed by atoms with E-state index in [1.54, 1.807) is 9.47 Å². The molecule has 5 heteroatoms. The lowest BCUT2D eigenvalue weighted by atomic mass is 10.1. The van der Waals surface area contributed by atoms with Crippen LogP contribution < -0.4 is 5.56 Å². The van der Waals surface area contributed by atoms with Crippen molar-refractivity contribution < 1.29 is 4.79 Å². The van der Waals surface area contributed by atoms with Gasteiger partial charge >= 0.3 is 0 Å². The van der Waals surface area contributed by atoms with E-state index in [1.807, 2.05) is 55.5 Å². The molecule has 0 spiro atoms. The first-order valence-corrected chi connectivity index (χ1v) is 9.55. The largest absolute Gasteiger partial charge is 0.332 e. The molecule has 1 aliphatic rings. The second-order valence-electron chi connectivity index (χ2n) is 6.78. The molecule has 2 heterocycles. The Morgan fingerprint density at radius 2 is 1.89 bits per heavy atom. The number of aryl methyl sites for hydroxylation is 1. The first-order valence-electron chi connectivity index (χ1n) is 9.55. The zero-order chi connectivity index (χ0) is 19.5. The third kappa shape index (κ3) is 3.29. The van der Waals surface area contributed by atoms with Crippen LogP contribution in [-0.4, -0.2) is 33.4 Å². The van der Waals surface area contributed by atoms with E-state index in [9.17, 15) is 9.59 Å². The van der Waals surface area contributed by atoms with Gasteiger partial charge in [-0.15, -0.1) is 0 Å². The topological polar surface area (TPSA) is 55.2 Å². The van der Waals surface area contributed by atoms with Crippen LogP contribution in [0.4, 0.5) is 0 Å². The zero-order valence-corrected chi connectivity index (χ0v) is 15.8. The van der Waals surface area contributed by atoms with E-state index in [2.05, 4.69) is 11.8 Å². The zero-order valence-electron chi connectivity index (χ0n) is 15.8. The van der Waals surface area contributed by atoms with Crippen LogP contribution in [0.15, 0.2) is 53.3 Å². The van der Waals surface area contributed by atoms with Gasteiger partial charge in [0, 0.05) is 24.9 Å². The van der Waals surface area contributed by atoms with Crippen molar-refractivity contribution in [2.45, 2.75) is 26.2 Å². The van der Waals surface area contributed by atoms with E-state index in [0.717, 1.165) is 24.5 Å². The number of carbonyl (C=O) groups is 1. The second-order valence-corrected chi connectivity index (χ2v) is 6.78. The fraction of sp³-hybridized carbons (Fsp3) is 0.261. The van der Waals surface area contributed by atoms with Gasteiger partial charge in [0.15, 0.2) is 0 Å². The van der Waals surface area contributed by atoms with Gasteiger partial charge in [0.2, 0.25) is 5.91 Å². The molecule has 0 saturated carbocycles. The average molecular weight is 371 g/mol. The molecule has 0 atom stereocenters. The summed E-state index contributed by atoms with van der Waals surface area (Å²) in [6, 6.07) is 15.1. The second kappa shape index (κ2) is 7.69. The fourth-order valence-electron chi connectivity index (χ4n) is 3.56. The van der Waals surface area contributed by atoms with Crippen molar-refractivity contribution in [2.75, 3.05) is 13.1 Å². The van der Waals surface area contributed by atoms with E-state index < -0.39 is 0 Å². The molecule has 5 nitrogen and oxygen atoms in total. The van der Waals surface area contributed by atoms with Gasteiger partial charge in [0.1, 0.15) is 5.82 Å². The first kappa shape index (κ1) is 18.0. The predicted octanol–water partition coefficient (Wildman–Crippen LogP) is 2.92. The van der Waals surface area contributed by atoms with E-state index >= 15 is 0 Å². The van der Waals surface area contributed by atoms with Gasteiger partial charge in [-0.2, -0.15) is 0 Å². The van der Waals surface area contributed by atoms with Crippen LogP contribution in [0.2, 0.25) is 0 Å². The standard InChI is InChI=1S/C23H21N3O2/c1-2-20-24-19-13-6-9-17(10-7-15-25-16-8-14-21(25)27)22(19)23(28)26(20)18-11-4-3-5-12-18/h3-6,9,11-13H,2,8,14-16H2,1H3. The molecule has 1 saturated heterocycles. The Morgan fingerprint density at radius 1 is 1.07 bits per heavy atom. The SMILES string of the molecule is CCc1nc2cccc(C#CCN3CCCC3=O)c2c(=O)n1-c1ccccc1. The maximum Gasteiger partial charge on any atom is 0.267 e. The van der Waals surface area contributed by atoms with Crippen LogP contribution >= 0.6 is 0 Å². The lowest BCUT2D eigenvalue weighted by Gasteiger charge is -2.13. The molecule has 4 rings (SSSR count). The van der Waals surface area contributed by atoms with Gasteiger partial charge < -0.3 is 4.90 Å². The lowest BCUT2D eigenvalue weighted by Crippen LogP contribution is -2.25. The molecule has 28 heavy (non-hydrogen) atoms. The van der Waals surface area contributed by atoms with E-state index in [0.29, 0.717) is 35.9 Å². The van der Waals surface area contributed by atoms with Gasteiger partial charge in [-0.3, -0.25) is 14.2 Å². The number of rotatable bonds is 3. The molecule has 0 radical (unpaired) electrons. The number of benzene rings is 2. The number of likely N-dealkylation sites (tertiary alicyclic amines) is 1. The van der Waals surface area contributed by atoms with Gasteiger partial charge in [-0.25, -0.2) is 4.98 Å². The third-order valence-electron chi connectivity index (χ3n) is 4.96. The Bertz CT molecular complexity index is 1150. The molecule has 0 N–H and O–H groups in total. The average Bonchev–Trinajstić information content (AvgIpc) is 3.13. The highest BCUT2D eigenvalue weighted by atomic mass is 16.2. The van der Waals surface area contributed by atoms with Crippen molar-refractivity contribution in [3.63, 3.8) is 0 Å². The highest BCUT2D eigenvalue weighted by Crippen LogP contribution is 2.16. The third-order valence-corrected chi connectivity index (χ3v) is 4.96. The van der Waals surface area contributed by atoms with Crippen molar-refractivity contribution in [3.8, 4) is 17.5 Å². The van der Waals surface area contributed by atoms with E-state index in [4.69, 9.17) is 4.98 Å². The van der Waals surface area contributed by atoms with Crippen LogP contribution in [0.25, 0.3) is 16.6 Å². The van der Waals surface area contributed by atoms with Gasteiger partial charge in [-0.1, -0.05) is 43.0 Å². The van der Waals surface area contributed by atoms with Crippen molar-refractivity contribution in [1.29, 1.82) is 0 Å². The Labute approximate surface area is 163 Å². The minimum atomic E-state index is -0.116. The van der Waals surface area contributed by atoms with Crippen LogP contribution in [0.5, 0.6) is 0 Å². The normalized spacial score (nSPS) is 13.6. The minimum Gasteiger partial charge on any atom is -0.332 e. The summed E-state index contributed by atoms with van der Waals surface area (Å²) < 4.78 is 1.66. The number of amides is 1. The molecule has 0 bridgehead atoms. The van der Waals surface area contributed by atoms with Gasteiger partial charge in [0.05, 0.1) is 23.1 Å². The van der Waals surface area contributed by atoms with E-state index in [-0.39, 0.29) is 11.5 Å². The number of para-hydroxylation sites is 1. The summed E-state index contributed by atoms with van der Waals surface area (Å²) in [5.41, 5.74) is 1.98. The summed E-state index contributed by atoms with van der Waals surface area (Å²) in [4.78, 5) is 31.6. The summed E-state index contributed by atoms with van der Waals surface area (Å²) in [5.74, 6) is 7.02. The van der Waals surface area contributed by atoms with Crippen molar-refractivity contribution in [3.05, 3.63) is 70.3 Å². The maximum atomic E-state index is 13.4. The Hall–Kier alpha value is -3.39. The molecule has 0 unspecified atom stereocenters. The van der Waals surface area contributed by atoms with Crippen molar-refractivity contribution >= 4 is 16.8 Å². The number of fused-ring (bicyclic) bond motifs is 1. The number of carbonyl (C=O) groups excluding carboxylic acids is 1. The van der Waals surface area contributed by atoms with Crippen LogP contribution in [0.1, 0.15) is 31.2 Å². The van der Waals surface area contributed by atoms with Crippen LogP contribution in [-0.2, 0) is 11.2 Å². The predicted molar refractivity (Wildman–Crippen MR) is 109 cm³/mol. The number of nitrogens with zero attached hydrogens (tertiary/aromatic N) is 3. The molecule has 1 aliphatic heterocycles. The lowest BCUT2D eigenvalue weighted by molar-refractivity contribution is -0.127. The molecule has 2 aromatic carbocycles. The fourth-order valence-corrected chi connectivity index (χ4v) is 3.56. The molecule has 1 fully saturated rings. The van der Waals surface area contributed by atoms with Crippen LogP contribution in [0.3, 0.4) is 0 Å². The maximum absolute atomic E-state index is 13.4. The smallest absolute Gasteiger partial charge is 0.267 e. The monoisotopic (exact) mass is 371 g/mol. The number of hydrogen-bond acceptors (Lipinski definition) is 3. The number of hydrogen-bond donors (Lipinski definition) is 0. The quantitative estimate of drug-likeness (QED) is 0.665. The Balaban J connectivity index is 1.83. The molecule has 1 aromatic heterocycles. The molecule has 1 amide bonds. The molecular weight excluding hydrogens is 350 g/mol.